The second-order valence-electron chi connectivity index (χ2n) is 18.5. The number of unbranched alkanes of at least 4 members (excludes halogenated alkanes) is 4. The van der Waals surface area contributed by atoms with Crippen LogP contribution in [0.5, 0.6) is 11.5 Å². The van der Waals surface area contributed by atoms with Gasteiger partial charge in [0.25, 0.3) is 0 Å². The van der Waals surface area contributed by atoms with Crippen LogP contribution in [-0.2, 0) is 35.3 Å². The van der Waals surface area contributed by atoms with Crippen molar-refractivity contribution in [3.8, 4) is 11.5 Å². The molecule has 2 aromatic rings. The van der Waals surface area contributed by atoms with Crippen LogP contribution < -0.4 is 19.9 Å². The number of fused-ring (bicyclic) bond motifs is 4. The summed E-state index contributed by atoms with van der Waals surface area (Å²) in [6.07, 6.45) is 15.6. The van der Waals surface area contributed by atoms with E-state index >= 15 is 0 Å². The summed E-state index contributed by atoms with van der Waals surface area (Å²) in [6.45, 7) is 5.34. The summed E-state index contributed by atoms with van der Waals surface area (Å²) in [7, 11) is 0. The fraction of sp³-hybridized carbons (Fsp3) is 0.720. The number of benzene rings is 2. The van der Waals surface area contributed by atoms with Gasteiger partial charge in [-0.2, -0.15) is 0 Å². The Labute approximate surface area is 398 Å². The van der Waals surface area contributed by atoms with E-state index < -0.39 is 18.5 Å². The maximum atomic E-state index is 10.8. The lowest BCUT2D eigenvalue weighted by Crippen LogP contribution is -2.85. The van der Waals surface area contributed by atoms with Crippen molar-refractivity contribution in [2.24, 2.45) is 35.5 Å². The lowest BCUT2D eigenvalue weighted by molar-refractivity contribution is -0.657. The number of ether oxygens (including phenoxy) is 2. The van der Waals surface area contributed by atoms with Gasteiger partial charge in [-0.15, -0.1) is 24.0 Å². The van der Waals surface area contributed by atoms with Crippen LogP contribution in [0.15, 0.2) is 36.4 Å². The van der Waals surface area contributed by atoms with E-state index in [2.05, 4.69) is 26.0 Å². The van der Waals surface area contributed by atoms with Gasteiger partial charge in [0.05, 0.1) is 56.7 Å². The molecule has 0 aromatic heterocycles. The van der Waals surface area contributed by atoms with Crippen molar-refractivity contribution >= 4 is 35.9 Å². The smallest absolute Gasteiger partial charge is 0.341 e. The molecule has 0 saturated heterocycles. The van der Waals surface area contributed by atoms with E-state index in [0.717, 1.165) is 127 Å². The number of aliphatic hydroxyl groups is 6. The van der Waals surface area contributed by atoms with Crippen molar-refractivity contribution < 1.29 is 65.2 Å². The number of carbonyl (C=O) groups is 2. The highest BCUT2D eigenvalue weighted by molar-refractivity contribution is 14.0. The van der Waals surface area contributed by atoms with Crippen LogP contribution in [0, 0.1) is 35.5 Å². The first-order valence-corrected chi connectivity index (χ1v) is 24.0. The summed E-state index contributed by atoms with van der Waals surface area (Å²) in [5.74, 6) is 1.21. The maximum Gasteiger partial charge on any atom is 0.341 e. The van der Waals surface area contributed by atoms with Crippen LogP contribution in [0.3, 0.4) is 0 Å². The molecule has 4 aliphatic rings. The highest BCUT2D eigenvalue weighted by Gasteiger charge is 2.46. The average molecular weight is 1010 g/mol. The van der Waals surface area contributed by atoms with E-state index in [4.69, 9.17) is 24.8 Å². The van der Waals surface area contributed by atoms with Gasteiger partial charge in [-0.3, -0.25) is 0 Å². The van der Waals surface area contributed by atoms with E-state index in [-0.39, 0.29) is 80.0 Å². The Kier molecular flexibility index (Phi) is 26.1. The Bertz CT molecular complexity index is 1530. The number of hydrogen-bond acceptors (Lipinski definition) is 11. The summed E-state index contributed by atoms with van der Waals surface area (Å²) in [5.41, 5.74) is 4.60. The van der Waals surface area contributed by atoms with Crippen molar-refractivity contribution in [3.63, 3.8) is 0 Å². The zero-order valence-corrected chi connectivity index (χ0v) is 40.7. The molecule has 0 radical (unpaired) electrons. The molecule has 0 aliphatic heterocycles. The minimum absolute atomic E-state index is 0. The molecule has 13 nitrogen and oxygen atoms in total. The van der Waals surface area contributed by atoms with E-state index in [1.165, 1.54) is 11.1 Å². The lowest BCUT2D eigenvalue weighted by atomic mass is 9.73. The van der Waals surface area contributed by atoms with Crippen molar-refractivity contribution in [2.75, 3.05) is 39.5 Å². The van der Waals surface area contributed by atoms with Crippen LogP contribution >= 0.6 is 24.0 Å². The number of rotatable bonds is 24. The van der Waals surface area contributed by atoms with Gasteiger partial charge in [0.15, 0.2) is 6.61 Å². The monoisotopic (exact) mass is 1010 g/mol. The van der Waals surface area contributed by atoms with Gasteiger partial charge in [0.1, 0.15) is 18.1 Å². The second kappa shape index (κ2) is 29.9. The standard InChI is InChI=1S/2C23H34O5.C4H11NO2.HI/c2*1-2-3-4-7-17(24)9-10-18-19-11-15-6-5-8-22(28-14-23(26)27)20(15)12-16(19)13-21(18)25;6-3-1-5-2-4-7;/h2*5-6,8,16-19,21,24-25H,2-4,7,9-14H2,1H3,(H,26,27);5-7H,1-4H2;1H/t2*16-,17-,18+,19-,21+;;/m00../s1. The van der Waals surface area contributed by atoms with Crippen LogP contribution in [0.4, 0.5) is 0 Å². The molecule has 0 bridgehead atoms. The normalized spacial score (nSPS) is 24.8. The Morgan fingerprint density at radius 1 is 0.688 bits per heavy atom. The zero-order chi connectivity index (χ0) is 45.7. The van der Waals surface area contributed by atoms with E-state index in [0.29, 0.717) is 48.3 Å². The fourth-order valence-corrected chi connectivity index (χ4v) is 10.8. The van der Waals surface area contributed by atoms with Gasteiger partial charge >= 0.3 is 5.97 Å². The van der Waals surface area contributed by atoms with Crippen molar-refractivity contribution in [1.82, 2.24) is 0 Å². The van der Waals surface area contributed by atoms with Crippen molar-refractivity contribution in [2.45, 2.75) is 154 Å². The minimum atomic E-state index is -1.22. The van der Waals surface area contributed by atoms with Crippen LogP contribution in [0.1, 0.15) is 126 Å². The molecule has 2 fully saturated rings. The number of aliphatic carboxylic acids is 2. The molecular formula is C50H80INO12. The third-order valence-corrected chi connectivity index (χ3v) is 14.0. The maximum absolute atomic E-state index is 10.8. The van der Waals surface area contributed by atoms with E-state index in [9.17, 15) is 35.1 Å². The summed E-state index contributed by atoms with van der Waals surface area (Å²) in [5, 5.41) is 79.7. The molecule has 2 saturated carbocycles. The van der Waals surface area contributed by atoms with Gasteiger partial charge < -0.3 is 60.4 Å². The zero-order valence-electron chi connectivity index (χ0n) is 38.4. The van der Waals surface area contributed by atoms with Gasteiger partial charge in [0, 0.05) is 0 Å². The number of halogens is 1. The van der Waals surface area contributed by atoms with Gasteiger partial charge in [-0.05, 0) is 147 Å². The predicted octanol–water partition coefficient (Wildman–Crippen LogP) is 3.98. The first-order valence-electron chi connectivity index (χ1n) is 24.0. The summed E-state index contributed by atoms with van der Waals surface area (Å²) in [6, 6.07) is 11.7. The number of hydrogen-bond donors (Lipinski definition) is 8. The van der Waals surface area contributed by atoms with Gasteiger partial charge in [-0.25, -0.2) is 4.79 Å². The molecule has 10 atom stereocenters. The molecule has 14 heteroatoms. The minimum Gasteiger partial charge on any atom is -0.546 e. The van der Waals surface area contributed by atoms with Gasteiger partial charge in [0.2, 0.25) is 0 Å². The van der Waals surface area contributed by atoms with Crippen LogP contribution in [0.2, 0.25) is 0 Å². The number of carbonyl (C=O) groups excluding carboxylic acids is 1. The molecule has 2 aromatic carbocycles. The molecule has 9 N–H and O–H groups in total. The molecule has 6 rings (SSSR count). The van der Waals surface area contributed by atoms with Crippen LogP contribution in [0.25, 0.3) is 0 Å². The Morgan fingerprint density at radius 2 is 1.12 bits per heavy atom. The first-order chi connectivity index (χ1) is 30.4. The van der Waals surface area contributed by atoms with Crippen molar-refractivity contribution in [1.29, 1.82) is 0 Å². The number of carboxylic acids is 2. The van der Waals surface area contributed by atoms with Gasteiger partial charge in [-0.1, -0.05) is 76.6 Å². The molecule has 64 heavy (non-hydrogen) atoms. The van der Waals surface area contributed by atoms with E-state index in [1.807, 2.05) is 29.6 Å². The summed E-state index contributed by atoms with van der Waals surface area (Å²) < 4.78 is 10.9. The highest BCUT2D eigenvalue weighted by atomic mass is 127. The summed E-state index contributed by atoms with van der Waals surface area (Å²) in [4.78, 5) is 21.6. The molecule has 0 heterocycles. The van der Waals surface area contributed by atoms with Crippen molar-refractivity contribution in [3.05, 3.63) is 58.7 Å². The fourth-order valence-electron chi connectivity index (χ4n) is 10.8. The SMILES string of the molecule is CCCCC[C@H](O)CC[C@@H]1[C@H]2Cc3cccc(OCC(=O)O)c3C[C@H]2C[C@H]1O.CCCCC[C@H](O)CC[C@@H]1[C@H]2Cc3cccc(OCC(=O)[O-])c3C[C@H]2C[C@H]1O.I.OCC[NH2+]CCO. The Morgan fingerprint density at radius 3 is 1.52 bits per heavy atom. The predicted molar refractivity (Wildman–Crippen MR) is 254 cm³/mol. The third-order valence-electron chi connectivity index (χ3n) is 14.0. The molecule has 4 aliphatic carbocycles. The third kappa shape index (κ3) is 17.6. The molecule has 0 unspecified atom stereocenters. The highest BCUT2D eigenvalue weighted by Crippen LogP contribution is 2.50. The Hall–Kier alpha value is -2.57. The number of quaternary nitrogens is 1. The largest absolute Gasteiger partial charge is 0.546 e. The average Bonchev–Trinajstić information content (AvgIpc) is 3.74. The lowest BCUT2D eigenvalue weighted by Gasteiger charge is -2.32. The second-order valence-corrected chi connectivity index (χ2v) is 18.5. The van der Waals surface area contributed by atoms with E-state index in [1.54, 1.807) is 0 Å². The van der Waals surface area contributed by atoms with Crippen LogP contribution in [-0.4, -0.2) is 112 Å². The summed E-state index contributed by atoms with van der Waals surface area (Å²) >= 11 is 0. The molecule has 364 valence electrons. The molecular weight excluding hydrogens is 933 g/mol. The number of nitrogens with two attached hydrogens (primary N) is 1. The molecule has 0 spiro atoms. The number of carboxylic acid groups (broad SMARTS) is 2. The molecule has 0 amide bonds. The first kappa shape index (κ1) is 55.8. The number of aliphatic hydroxyl groups excluding tert-OH is 6. The topological polar surface area (TPSA) is 234 Å². The Balaban J connectivity index is 0.000000292. The quantitative estimate of drug-likeness (QED) is 0.0552.